The van der Waals surface area contributed by atoms with E-state index in [-0.39, 0.29) is 0 Å². The summed E-state index contributed by atoms with van der Waals surface area (Å²) in [6.45, 7) is 5.71. The van der Waals surface area contributed by atoms with Crippen molar-refractivity contribution in [3.8, 4) is 0 Å². The van der Waals surface area contributed by atoms with Crippen LogP contribution in [0.2, 0.25) is 0 Å². The first kappa shape index (κ1) is 10.8. The van der Waals surface area contributed by atoms with Gasteiger partial charge in [-0.3, -0.25) is 4.90 Å². The minimum atomic E-state index is 1.02. The molecule has 0 bridgehead atoms. The summed E-state index contributed by atoms with van der Waals surface area (Å²) in [5, 5.41) is 1.33. The predicted molar refractivity (Wildman–Crippen MR) is 71.0 cm³/mol. The Morgan fingerprint density at radius 3 is 2.59 bits per heavy atom. The first-order chi connectivity index (χ1) is 8.33. The number of rotatable bonds is 2. The number of hydrogen-bond donors (Lipinski definition) is 0. The van der Waals surface area contributed by atoms with Crippen molar-refractivity contribution in [2.75, 3.05) is 33.2 Å². The molecule has 2 aromatic rings. The summed E-state index contributed by atoms with van der Waals surface area (Å²) in [4.78, 5) is 4.91. The molecule has 0 spiro atoms. The van der Waals surface area contributed by atoms with Crippen molar-refractivity contribution < 1.29 is 0 Å². The number of likely N-dealkylation sites (N-methyl/N-ethyl adjacent to an activating group) is 1. The van der Waals surface area contributed by atoms with Gasteiger partial charge in [-0.1, -0.05) is 18.2 Å². The van der Waals surface area contributed by atoms with E-state index in [4.69, 9.17) is 0 Å². The van der Waals surface area contributed by atoms with Crippen LogP contribution in [-0.4, -0.2) is 47.6 Å². The summed E-state index contributed by atoms with van der Waals surface area (Å²) in [7, 11) is 2.20. The molecular formula is C14H19N3. The fourth-order valence-corrected chi connectivity index (χ4v) is 2.47. The highest BCUT2D eigenvalue weighted by atomic mass is 15.3. The molecular weight excluding hydrogens is 210 g/mol. The monoisotopic (exact) mass is 229 g/mol. The summed E-state index contributed by atoms with van der Waals surface area (Å²) in [5.74, 6) is 0. The fourth-order valence-electron chi connectivity index (χ4n) is 2.47. The molecule has 3 rings (SSSR count). The van der Waals surface area contributed by atoms with Crippen LogP contribution < -0.4 is 0 Å². The number of fused-ring (bicyclic) bond motifs is 1. The van der Waals surface area contributed by atoms with Crippen LogP contribution >= 0.6 is 0 Å². The van der Waals surface area contributed by atoms with Gasteiger partial charge in [0, 0.05) is 37.9 Å². The van der Waals surface area contributed by atoms with Gasteiger partial charge in [-0.15, -0.1) is 0 Å². The van der Waals surface area contributed by atoms with E-state index in [9.17, 15) is 0 Å². The Bertz CT molecular complexity index is 495. The van der Waals surface area contributed by atoms with Gasteiger partial charge in [0.2, 0.25) is 0 Å². The Labute approximate surface area is 102 Å². The smallest absolute Gasteiger partial charge is 0.0751 e. The molecule has 1 saturated heterocycles. The highest BCUT2D eigenvalue weighted by Crippen LogP contribution is 2.15. The van der Waals surface area contributed by atoms with E-state index in [1.807, 2.05) is 0 Å². The molecule has 0 atom stereocenters. The number of nitrogens with zero attached hydrogens (tertiary/aromatic N) is 3. The Hall–Kier alpha value is -1.32. The van der Waals surface area contributed by atoms with Gasteiger partial charge in [0.25, 0.3) is 0 Å². The van der Waals surface area contributed by atoms with Gasteiger partial charge in [0.15, 0.2) is 0 Å². The van der Waals surface area contributed by atoms with Crippen LogP contribution in [0, 0.1) is 0 Å². The fraction of sp³-hybridized carbons (Fsp3) is 0.429. The lowest BCUT2D eigenvalue weighted by molar-refractivity contribution is 0.126. The van der Waals surface area contributed by atoms with Crippen LogP contribution in [0.25, 0.3) is 10.9 Å². The van der Waals surface area contributed by atoms with Crippen molar-refractivity contribution >= 4 is 10.9 Å². The molecule has 0 saturated carbocycles. The molecule has 0 N–H and O–H groups in total. The Balaban J connectivity index is 1.76. The summed E-state index contributed by atoms with van der Waals surface area (Å²) in [6, 6.07) is 10.8. The molecule has 90 valence electrons. The van der Waals surface area contributed by atoms with Crippen LogP contribution in [-0.2, 0) is 6.67 Å². The first-order valence-electron chi connectivity index (χ1n) is 6.28. The van der Waals surface area contributed by atoms with Crippen molar-refractivity contribution in [2.45, 2.75) is 6.67 Å². The molecule has 1 aromatic heterocycles. The maximum absolute atomic E-state index is 2.52. The highest BCUT2D eigenvalue weighted by molar-refractivity contribution is 5.79. The Kier molecular flexibility index (Phi) is 2.87. The van der Waals surface area contributed by atoms with Crippen LogP contribution in [0.1, 0.15) is 0 Å². The van der Waals surface area contributed by atoms with E-state index < -0.39 is 0 Å². The van der Waals surface area contributed by atoms with E-state index in [2.05, 4.69) is 57.9 Å². The second-order valence-corrected chi connectivity index (χ2v) is 4.91. The zero-order valence-corrected chi connectivity index (χ0v) is 10.3. The van der Waals surface area contributed by atoms with Gasteiger partial charge in [-0.2, -0.15) is 0 Å². The van der Waals surface area contributed by atoms with Crippen LogP contribution in [0.4, 0.5) is 0 Å². The van der Waals surface area contributed by atoms with Crippen LogP contribution in [0.5, 0.6) is 0 Å². The van der Waals surface area contributed by atoms with Crippen molar-refractivity contribution in [1.29, 1.82) is 0 Å². The summed E-state index contributed by atoms with van der Waals surface area (Å²) >= 11 is 0. The van der Waals surface area contributed by atoms with Crippen molar-refractivity contribution in [3.05, 3.63) is 36.5 Å². The number of piperazine rings is 1. The lowest BCUT2D eigenvalue weighted by atomic mass is 10.2. The number of benzene rings is 1. The summed E-state index contributed by atoms with van der Waals surface area (Å²) in [5.41, 5.74) is 1.34. The second-order valence-electron chi connectivity index (χ2n) is 4.91. The lowest BCUT2D eigenvalue weighted by Crippen LogP contribution is -2.44. The minimum Gasteiger partial charge on any atom is -0.334 e. The highest BCUT2D eigenvalue weighted by Gasteiger charge is 2.14. The largest absolute Gasteiger partial charge is 0.334 e. The van der Waals surface area contributed by atoms with E-state index in [1.165, 1.54) is 37.1 Å². The summed E-state index contributed by atoms with van der Waals surface area (Å²) < 4.78 is 2.35. The Morgan fingerprint density at radius 2 is 1.76 bits per heavy atom. The SMILES string of the molecule is CN1CCN(Cn2ccc3ccccc32)CC1. The van der Waals surface area contributed by atoms with E-state index >= 15 is 0 Å². The van der Waals surface area contributed by atoms with Crippen molar-refractivity contribution in [1.82, 2.24) is 14.4 Å². The zero-order valence-electron chi connectivity index (χ0n) is 10.3. The summed E-state index contributed by atoms with van der Waals surface area (Å²) in [6.07, 6.45) is 2.20. The Morgan fingerprint density at radius 1 is 1.00 bits per heavy atom. The molecule has 0 radical (unpaired) electrons. The van der Waals surface area contributed by atoms with Crippen molar-refractivity contribution in [3.63, 3.8) is 0 Å². The molecule has 2 heterocycles. The standard InChI is InChI=1S/C14H19N3/c1-15-8-10-16(11-9-15)12-17-7-6-13-4-2-3-5-14(13)17/h2-7H,8-12H2,1H3. The minimum absolute atomic E-state index is 1.02. The maximum Gasteiger partial charge on any atom is 0.0751 e. The predicted octanol–water partition coefficient (Wildman–Crippen LogP) is 1.85. The average molecular weight is 229 g/mol. The van der Waals surface area contributed by atoms with Crippen LogP contribution in [0.3, 0.4) is 0 Å². The second kappa shape index (κ2) is 4.51. The molecule has 0 aliphatic carbocycles. The van der Waals surface area contributed by atoms with Crippen LogP contribution in [0.15, 0.2) is 36.5 Å². The zero-order chi connectivity index (χ0) is 11.7. The molecule has 0 amide bonds. The van der Waals surface area contributed by atoms with E-state index in [0.29, 0.717) is 0 Å². The van der Waals surface area contributed by atoms with Gasteiger partial charge in [-0.25, -0.2) is 0 Å². The topological polar surface area (TPSA) is 11.4 Å². The molecule has 1 aliphatic rings. The third-order valence-electron chi connectivity index (χ3n) is 3.63. The molecule has 1 aliphatic heterocycles. The van der Waals surface area contributed by atoms with E-state index in [1.54, 1.807) is 0 Å². The molecule has 1 fully saturated rings. The average Bonchev–Trinajstić information content (AvgIpc) is 2.76. The first-order valence-corrected chi connectivity index (χ1v) is 6.28. The number of hydrogen-bond acceptors (Lipinski definition) is 2. The molecule has 1 aromatic carbocycles. The third-order valence-corrected chi connectivity index (χ3v) is 3.63. The van der Waals surface area contributed by atoms with Gasteiger partial charge < -0.3 is 9.47 Å². The molecule has 0 unspecified atom stereocenters. The van der Waals surface area contributed by atoms with Gasteiger partial charge in [-0.05, 0) is 24.6 Å². The molecule has 3 nitrogen and oxygen atoms in total. The third kappa shape index (κ3) is 2.21. The van der Waals surface area contributed by atoms with E-state index in [0.717, 1.165) is 6.67 Å². The molecule has 3 heteroatoms. The normalized spacial score (nSPS) is 18.9. The number of para-hydroxylation sites is 1. The van der Waals surface area contributed by atoms with Gasteiger partial charge >= 0.3 is 0 Å². The quantitative estimate of drug-likeness (QED) is 0.778. The number of aromatic nitrogens is 1. The van der Waals surface area contributed by atoms with Gasteiger partial charge in [0.05, 0.1) is 6.67 Å². The van der Waals surface area contributed by atoms with Gasteiger partial charge in [0.1, 0.15) is 0 Å². The lowest BCUT2D eigenvalue weighted by Gasteiger charge is -2.32. The maximum atomic E-state index is 2.52. The van der Waals surface area contributed by atoms with Crippen molar-refractivity contribution in [2.24, 2.45) is 0 Å². The molecule has 17 heavy (non-hydrogen) atoms.